The molecular weight excluding hydrogens is 205 g/mol. The predicted molar refractivity (Wildman–Crippen MR) is 64.2 cm³/mol. The number of hydrogen-bond donors (Lipinski definition) is 1. The van der Waals surface area contributed by atoms with Crippen molar-refractivity contribution in [2.45, 2.75) is 19.8 Å². The van der Waals surface area contributed by atoms with Gasteiger partial charge in [0.2, 0.25) is 0 Å². The molecule has 0 fully saturated rings. The van der Waals surface area contributed by atoms with Crippen molar-refractivity contribution in [3.63, 3.8) is 0 Å². The molecule has 0 atom stereocenters. The second-order valence-electron chi connectivity index (χ2n) is 3.93. The molecule has 0 unspecified atom stereocenters. The van der Waals surface area contributed by atoms with E-state index in [1.807, 2.05) is 12.1 Å². The lowest BCUT2D eigenvalue weighted by Gasteiger charge is -2.05. The summed E-state index contributed by atoms with van der Waals surface area (Å²) in [7, 11) is 1.69. The first-order chi connectivity index (χ1) is 7.74. The molecule has 0 saturated heterocycles. The maximum atomic E-state index is 13.2. The molecule has 90 valence electrons. The van der Waals surface area contributed by atoms with Crippen molar-refractivity contribution in [1.29, 1.82) is 0 Å². The van der Waals surface area contributed by atoms with Crippen LogP contribution in [0, 0.1) is 12.7 Å². The molecule has 0 saturated carbocycles. The molecule has 0 aliphatic heterocycles. The van der Waals surface area contributed by atoms with Gasteiger partial charge in [0.1, 0.15) is 5.82 Å². The lowest BCUT2D eigenvalue weighted by Crippen LogP contribution is -2.20. The van der Waals surface area contributed by atoms with Gasteiger partial charge in [-0.25, -0.2) is 4.39 Å². The van der Waals surface area contributed by atoms with Gasteiger partial charge in [-0.3, -0.25) is 0 Å². The zero-order chi connectivity index (χ0) is 11.8. The highest BCUT2D eigenvalue weighted by molar-refractivity contribution is 5.23. The molecule has 1 N–H and O–H groups in total. The summed E-state index contributed by atoms with van der Waals surface area (Å²) < 4.78 is 18.1. The molecule has 0 bridgehead atoms. The van der Waals surface area contributed by atoms with Gasteiger partial charge in [-0.2, -0.15) is 0 Å². The van der Waals surface area contributed by atoms with Crippen molar-refractivity contribution in [2.24, 2.45) is 0 Å². The quantitative estimate of drug-likeness (QED) is 0.719. The van der Waals surface area contributed by atoms with Crippen LogP contribution in [0.5, 0.6) is 0 Å². The molecule has 0 aliphatic carbocycles. The smallest absolute Gasteiger partial charge is 0.126 e. The molecule has 0 aliphatic rings. The average Bonchev–Trinajstić information content (AvgIpc) is 2.28. The molecule has 0 amide bonds. The van der Waals surface area contributed by atoms with Gasteiger partial charge >= 0.3 is 0 Å². The Morgan fingerprint density at radius 2 is 2.12 bits per heavy atom. The van der Waals surface area contributed by atoms with Crippen molar-refractivity contribution >= 4 is 0 Å². The Morgan fingerprint density at radius 3 is 2.81 bits per heavy atom. The Balaban J connectivity index is 2.19. The van der Waals surface area contributed by atoms with Crippen LogP contribution in [0.2, 0.25) is 0 Å². The summed E-state index contributed by atoms with van der Waals surface area (Å²) >= 11 is 0. The van der Waals surface area contributed by atoms with Gasteiger partial charge in [0.05, 0.1) is 6.61 Å². The van der Waals surface area contributed by atoms with E-state index in [0.717, 1.165) is 38.1 Å². The van der Waals surface area contributed by atoms with Crippen LogP contribution in [0.4, 0.5) is 4.39 Å². The summed E-state index contributed by atoms with van der Waals surface area (Å²) in [4.78, 5) is 0. The monoisotopic (exact) mass is 225 g/mol. The summed E-state index contributed by atoms with van der Waals surface area (Å²) in [5, 5.41) is 3.26. The Labute approximate surface area is 96.8 Å². The van der Waals surface area contributed by atoms with Crippen molar-refractivity contribution in [2.75, 3.05) is 26.8 Å². The third-order valence-electron chi connectivity index (χ3n) is 2.54. The van der Waals surface area contributed by atoms with Crippen LogP contribution in [0.3, 0.4) is 0 Å². The molecule has 0 radical (unpaired) electrons. The highest BCUT2D eigenvalue weighted by Gasteiger charge is 1.99. The van der Waals surface area contributed by atoms with Gasteiger partial charge in [-0.1, -0.05) is 12.1 Å². The van der Waals surface area contributed by atoms with Crippen LogP contribution < -0.4 is 5.32 Å². The van der Waals surface area contributed by atoms with Crippen LogP contribution in [-0.4, -0.2) is 26.8 Å². The van der Waals surface area contributed by atoms with E-state index < -0.39 is 0 Å². The molecule has 2 nitrogen and oxygen atoms in total. The zero-order valence-electron chi connectivity index (χ0n) is 10.1. The largest absolute Gasteiger partial charge is 0.383 e. The number of methoxy groups -OCH3 is 1. The Kier molecular flexibility index (Phi) is 6.04. The van der Waals surface area contributed by atoms with E-state index >= 15 is 0 Å². The van der Waals surface area contributed by atoms with Gasteiger partial charge in [0.15, 0.2) is 0 Å². The first-order valence-electron chi connectivity index (χ1n) is 5.68. The van der Waals surface area contributed by atoms with E-state index in [9.17, 15) is 4.39 Å². The summed E-state index contributed by atoms with van der Waals surface area (Å²) in [6, 6.07) is 5.46. The molecular formula is C13H20FNO. The van der Waals surface area contributed by atoms with E-state index in [1.165, 1.54) is 0 Å². The highest BCUT2D eigenvalue weighted by Crippen LogP contribution is 2.10. The van der Waals surface area contributed by atoms with Crippen molar-refractivity contribution in [3.05, 3.63) is 35.1 Å². The number of aryl methyl sites for hydroxylation is 2. The van der Waals surface area contributed by atoms with E-state index in [1.54, 1.807) is 20.1 Å². The lowest BCUT2D eigenvalue weighted by atomic mass is 10.1. The Morgan fingerprint density at radius 1 is 1.31 bits per heavy atom. The van der Waals surface area contributed by atoms with Crippen molar-refractivity contribution in [1.82, 2.24) is 5.32 Å². The summed E-state index contributed by atoms with van der Waals surface area (Å²) in [5.74, 6) is -0.107. The first-order valence-corrected chi connectivity index (χ1v) is 5.68. The minimum Gasteiger partial charge on any atom is -0.383 e. The second kappa shape index (κ2) is 7.36. The maximum absolute atomic E-state index is 13.2. The minimum atomic E-state index is -0.107. The fourth-order valence-corrected chi connectivity index (χ4v) is 1.51. The van der Waals surface area contributed by atoms with E-state index in [4.69, 9.17) is 4.74 Å². The predicted octanol–water partition coefficient (Wildman–Crippen LogP) is 2.30. The Bertz CT molecular complexity index is 315. The number of halogens is 1. The van der Waals surface area contributed by atoms with E-state index in [2.05, 4.69) is 5.32 Å². The standard InChI is InChI=1S/C13H20FNO/c1-11-5-6-12(10-13(11)14)4-3-7-15-8-9-16-2/h5-6,10,15H,3-4,7-9H2,1-2H3. The van der Waals surface area contributed by atoms with E-state index in [-0.39, 0.29) is 5.82 Å². The molecule has 1 aromatic rings. The summed E-state index contributed by atoms with van der Waals surface area (Å²) in [5.41, 5.74) is 1.78. The van der Waals surface area contributed by atoms with Gasteiger partial charge in [0, 0.05) is 13.7 Å². The first kappa shape index (κ1) is 13.1. The number of rotatable bonds is 7. The van der Waals surface area contributed by atoms with Gasteiger partial charge < -0.3 is 10.1 Å². The normalized spacial score (nSPS) is 10.7. The number of hydrogen-bond acceptors (Lipinski definition) is 2. The van der Waals surface area contributed by atoms with Gasteiger partial charge in [-0.15, -0.1) is 0 Å². The summed E-state index contributed by atoms with van der Waals surface area (Å²) in [6.45, 7) is 4.34. The topological polar surface area (TPSA) is 21.3 Å². The lowest BCUT2D eigenvalue weighted by molar-refractivity contribution is 0.199. The third-order valence-corrected chi connectivity index (χ3v) is 2.54. The van der Waals surface area contributed by atoms with Gasteiger partial charge in [0.25, 0.3) is 0 Å². The maximum Gasteiger partial charge on any atom is 0.126 e. The fraction of sp³-hybridized carbons (Fsp3) is 0.538. The van der Waals surface area contributed by atoms with Crippen LogP contribution >= 0.6 is 0 Å². The molecule has 1 rings (SSSR count). The molecule has 3 heteroatoms. The third kappa shape index (κ3) is 4.73. The van der Waals surface area contributed by atoms with Crippen molar-refractivity contribution < 1.29 is 9.13 Å². The summed E-state index contributed by atoms with van der Waals surface area (Å²) in [6.07, 6.45) is 1.93. The van der Waals surface area contributed by atoms with Crippen LogP contribution in [0.15, 0.2) is 18.2 Å². The zero-order valence-corrected chi connectivity index (χ0v) is 10.1. The van der Waals surface area contributed by atoms with Gasteiger partial charge in [-0.05, 0) is 43.5 Å². The number of benzene rings is 1. The minimum absolute atomic E-state index is 0.107. The SMILES string of the molecule is COCCNCCCc1ccc(C)c(F)c1. The van der Waals surface area contributed by atoms with Crippen molar-refractivity contribution in [3.8, 4) is 0 Å². The number of ether oxygens (including phenoxy) is 1. The number of nitrogens with one attached hydrogen (secondary N) is 1. The average molecular weight is 225 g/mol. The van der Waals surface area contributed by atoms with Crippen LogP contribution in [-0.2, 0) is 11.2 Å². The highest BCUT2D eigenvalue weighted by atomic mass is 19.1. The molecule has 0 heterocycles. The molecule has 16 heavy (non-hydrogen) atoms. The van der Waals surface area contributed by atoms with Crippen LogP contribution in [0.25, 0.3) is 0 Å². The molecule has 0 spiro atoms. The van der Waals surface area contributed by atoms with E-state index in [0.29, 0.717) is 5.56 Å². The molecule has 1 aromatic carbocycles. The Hall–Kier alpha value is -0.930. The fourth-order valence-electron chi connectivity index (χ4n) is 1.51. The second-order valence-corrected chi connectivity index (χ2v) is 3.93. The van der Waals surface area contributed by atoms with Crippen LogP contribution in [0.1, 0.15) is 17.5 Å². The molecule has 0 aromatic heterocycles.